The number of amides is 2. The molecule has 3 rings (SSSR count). The highest BCUT2D eigenvalue weighted by Gasteiger charge is 2.30. The normalized spacial score (nSPS) is 15.6. The third-order valence-corrected chi connectivity index (χ3v) is 4.36. The van der Waals surface area contributed by atoms with Gasteiger partial charge in [-0.1, -0.05) is 12.1 Å². The van der Waals surface area contributed by atoms with Crippen LogP contribution in [0.15, 0.2) is 48.5 Å². The molecule has 0 aromatic heterocycles. The highest BCUT2D eigenvalue weighted by Crippen LogP contribution is 2.31. The lowest BCUT2D eigenvalue weighted by molar-refractivity contribution is -0.149. The molecule has 1 N–H and O–H groups in total. The lowest BCUT2D eigenvalue weighted by Gasteiger charge is -2.27. The predicted molar refractivity (Wildman–Crippen MR) is 105 cm³/mol. The number of aldehydes is 1. The monoisotopic (exact) mass is 396 g/mol. The molecular formula is C21H20N2O6. The second-order valence-electron chi connectivity index (χ2n) is 6.52. The average molecular weight is 396 g/mol. The van der Waals surface area contributed by atoms with Gasteiger partial charge in [-0.05, 0) is 43.3 Å². The van der Waals surface area contributed by atoms with Crippen molar-refractivity contribution in [3.05, 3.63) is 54.1 Å². The summed E-state index contributed by atoms with van der Waals surface area (Å²) in [6, 6.07) is 12.8. The summed E-state index contributed by atoms with van der Waals surface area (Å²) in [4.78, 5) is 48.7. The van der Waals surface area contributed by atoms with Crippen molar-refractivity contribution in [2.75, 3.05) is 23.4 Å². The van der Waals surface area contributed by atoms with Crippen LogP contribution in [0.5, 0.6) is 5.75 Å². The van der Waals surface area contributed by atoms with Crippen molar-refractivity contribution in [3.63, 3.8) is 0 Å². The van der Waals surface area contributed by atoms with Gasteiger partial charge in [-0.3, -0.25) is 14.4 Å². The number of anilines is 2. The molecule has 0 unspecified atom stereocenters. The zero-order valence-corrected chi connectivity index (χ0v) is 15.8. The summed E-state index contributed by atoms with van der Waals surface area (Å²) in [5.41, 5.74) is 1.58. The summed E-state index contributed by atoms with van der Waals surface area (Å²) in [6.45, 7) is 0.909. The van der Waals surface area contributed by atoms with E-state index in [-0.39, 0.29) is 18.9 Å². The van der Waals surface area contributed by atoms with Crippen LogP contribution in [0.1, 0.15) is 23.7 Å². The van der Waals surface area contributed by atoms with Crippen molar-refractivity contribution in [2.24, 2.45) is 0 Å². The van der Waals surface area contributed by atoms with E-state index in [1.54, 1.807) is 55.5 Å². The fraction of sp³-hybridized carbons (Fsp3) is 0.238. The van der Waals surface area contributed by atoms with Gasteiger partial charge in [-0.15, -0.1) is 0 Å². The molecule has 2 amide bonds. The van der Waals surface area contributed by atoms with E-state index in [4.69, 9.17) is 9.47 Å². The number of fused-ring (bicyclic) bond motifs is 1. The third kappa shape index (κ3) is 4.98. The molecule has 1 aliphatic heterocycles. The maximum Gasteiger partial charge on any atom is 0.344 e. The Balaban J connectivity index is 1.58. The second-order valence-corrected chi connectivity index (χ2v) is 6.52. The molecule has 0 saturated heterocycles. The average Bonchev–Trinajstić information content (AvgIpc) is 2.85. The van der Waals surface area contributed by atoms with Gasteiger partial charge in [0.25, 0.3) is 5.91 Å². The first-order chi connectivity index (χ1) is 14.0. The molecular weight excluding hydrogens is 376 g/mol. The lowest BCUT2D eigenvalue weighted by Crippen LogP contribution is -2.41. The number of nitrogens with one attached hydrogen (secondary N) is 1. The van der Waals surface area contributed by atoms with Gasteiger partial charge in [0.05, 0.1) is 11.4 Å². The Bertz CT molecular complexity index is 925. The molecule has 0 spiro atoms. The number of hydrogen-bond acceptors (Lipinski definition) is 6. The number of ether oxygens (including phenoxy) is 2. The van der Waals surface area contributed by atoms with E-state index in [0.717, 1.165) is 0 Å². The van der Waals surface area contributed by atoms with Crippen molar-refractivity contribution in [1.82, 2.24) is 0 Å². The molecule has 150 valence electrons. The standard InChI is InChI=1S/C21H20N2O6/c1-14-10-19(25)22-17-4-2-3-5-18(17)23(14)20(26)12-29-21(27)13-28-16-8-6-15(11-24)7-9-16/h2-9,11,14H,10,12-13H2,1H3,(H,22,25)/t14-/m1/s1. The first kappa shape index (κ1) is 20.1. The molecule has 0 saturated carbocycles. The highest BCUT2D eigenvalue weighted by atomic mass is 16.6. The van der Waals surface area contributed by atoms with Gasteiger partial charge < -0.3 is 19.7 Å². The van der Waals surface area contributed by atoms with Crippen LogP contribution in [-0.4, -0.2) is 43.3 Å². The molecule has 29 heavy (non-hydrogen) atoms. The molecule has 1 heterocycles. The van der Waals surface area contributed by atoms with E-state index in [1.165, 1.54) is 4.90 Å². The zero-order valence-electron chi connectivity index (χ0n) is 15.8. The minimum Gasteiger partial charge on any atom is -0.482 e. The van der Waals surface area contributed by atoms with Gasteiger partial charge in [0.2, 0.25) is 5.91 Å². The van der Waals surface area contributed by atoms with E-state index >= 15 is 0 Å². The first-order valence-electron chi connectivity index (χ1n) is 9.02. The maximum absolute atomic E-state index is 12.7. The van der Waals surface area contributed by atoms with Crippen LogP contribution in [-0.2, 0) is 19.1 Å². The number of para-hydroxylation sites is 2. The Morgan fingerprint density at radius 1 is 1.14 bits per heavy atom. The Kier molecular flexibility index (Phi) is 6.23. The number of esters is 1. The smallest absolute Gasteiger partial charge is 0.344 e. The van der Waals surface area contributed by atoms with Crippen LogP contribution in [0, 0.1) is 0 Å². The van der Waals surface area contributed by atoms with Gasteiger partial charge in [0.15, 0.2) is 13.2 Å². The highest BCUT2D eigenvalue weighted by molar-refractivity contribution is 6.05. The Labute approximate surface area is 167 Å². The van der Waals surface area contributed by atoms with Crippen molar-refractivity contribution in [3.8, 4) is 5.75 Å². The minimum atomic E-state index is -0.706. The second kappa shape index (κ2) is 9.01. The van der Waals surface area contributed by atoms with Crippen molar-refractivity contribution in [2.45, 2.75) is 19.4 Å². The molecule has 0 aliphatic carbocycles. The molecule has 0 radical (unpaired) electrons. The predicted octanol–water partition coefficient (Wildman–Crippen LogP) is 2.18. The van der Waals surface area contributed by atoms with Crippen LogP contribution in [0.2, 0.25) is 0 Å². The van der Waals surface area contributed by atoms with Crippen molar-refractivity contribution in [1.29, 1.82) is 0 Å². The lowest BCUT2D eigenvalue weighted by atomic mass is 10.1. The molecule has 8 nitrogen and oxygen atoms in total. The maximum atomic E-state index is 12.7. The molecule has 1 atom stereocenters. The molecule has 0 bridgehead atoms. The summed E-state index contributed by atoms with van der Waals surface area (Å²) >= 11 is 0. The summed E-state index contributed by atoms with van der Waals surface area (Å²) in [5, 5.41) is 2.77. The van der Waals surface area contributed by atoms with E-state index in [1.807, 2.05) is 0 Å². The number of carbonyl (C=O) groups excluding carboxylic acids is 4. The fourth-order valence-electron chi connectivity index (χ4n) is 3.01. The van der Waals surface area contributed by atoms with E-state index in [0.29, 0.717) is 29.0 Å². The van der Waals surface area contributed by atoms with Crippen molar-refractivity contribution >= 4 is 35.4 Å². The number of benzene rings is 2. The Morgan fingerprint density at radius 3 is 2.59 bits per heavy atom. The number of nitrogens with zero attached hydrogens (tertiary/aromatic N) is 1. The first-order valence-corrected chi connectivity index (χ1v) is 9.02. The number of hydrogen-bond donors (Lipinski definition) is 1. The SMILES string of the molecule is C[C@@H]1CC(=O)Nc2ccccc2N1C(=O)COC(=O)COc1ccc(C=O)cc1. The number of carbonyl (C=O) groups is 4. The molecule has 2 aromatic rings. The Hall–Kier alpha value is -3.68. The topological polar surface area (TPSA) is 102 Å². The zero-order chi connectivity index (χ0) is 20.8. The summed E-state index contributed by atoms with van der Waals surface area (Å²) < 4.78 is 10.3. The fourth-order valence-corrected chi connectivity index (χ4v) is 3.01. The minimum absolute atomic E-state index is 0.133. The van der Waals surface area contributed by atoms with E-state index in [2.05, 4.69) is 5.32 Å². The largest absolute Gasteiger partial charge is 0.482 e. The van der Waals surface area contributed by atoms with Gasteiger partial charge >= 0.3 is 5.97 Å². The molecule has 8 heteroatoms. The van der Waals surface area contributed by atoms with Crippen LogP contribution in [0.25, 0.3) is 0 Å². The van der Waals surface area contributed by atoms with Crippen molar-refractivity contribution < 1.29 is 28.7 Å². The van der Waals surface area contributed by atoms with Crippen LogP contribution < -0.4 is 15.0 Å². The summed E-state index contributed by atoms with van der Waals surface area (Å²) in [6.07, 6.45) is 0.836. The summed E-state index contributed by atoms with van der Waals surface area (Å²) in [7, 11) is 0. The van der Waals surface area contributed by atoms with Crippen LogP contribution in [0.4, 0.5) is 11.4 Å². The van der Waals surface area contributed by atoms with Crippen LogP contribution in [0.3, 0.4) is 0 Å². The molecule has 0 fully saturated rings. The van der Waals surface area contributed by atoms with Crippen LogP contribution >= 0.6 is 0 Å². The van der Waals surface area contributed by atoms with Gasteiger partial charge in [-0.2, -0.15) is 0 Å². The molecule has 1 aliphatic rings. The van der Waals surface area contributed by atoms with E-state index in [9.17, 15) is 19.2 Å². The van der Waals surface area contributed by atoms with Gasteiger partial charge in [0, 0.05) is 18.0 Å². The third-order valence-electron chi connectivity index (χ3n) is 4.36. The van der Waals surface area contributed by atoms with Gasteiger partial charge in [-0.25, -0.2) is 4.79 Å². The quantitative estimate of drug-likeness (QED) is 0.593. The Morgan fingerprint density at radius 2 is 1.86 bits per heavy atom. The van der Waals surface area contributed by atoms with E-state index < -0.39 is 24.5 Å². The van der Waals surface area contributed by atoms with Gasteiger partial charge in [0.1, 0.15) is 12.0 Å². The summed E-state index contributed by atoms with van der Waals surface area (Å²) in [5.74, 6) is -0.933. The number of rotatable bonds is 6. The molecule has 2 aromatic carbocycles.